The number of carbonyl (C=O) groups excluding carboxylic acids is 1. The summed E-state index contributed by atoms with van der Waals surface area (Å²) < 4.78 is 13.4. The number of carbonyl (C=O) groups is 1. The zero-order valence-corrected chi connectivity index (χ0v) is 18.4. The lowest BCUT2D eigenvalue weighted by molar-refractivity contribution is -0.121. The van der Waals surface area contributed by atoms with Gasteiger partial charge >= 0.3 is 0 Å². The van der Waals surface area contributed by atoms with E-state index in [-0.39, 0.29) is 30.5 Å². The van der Waals surface area contributed by atoms with Gasteiger partial charge < -0.3 is 19.4 Å². The fraction of sp³-hybridized carbons (Fsp3) is 0.522. The molecule has 4 heterocycles. The minimum Gasteiger partial charge on any atom is -0.381 e. The van der Waals surface area contributed by atoms with Crippen molar-refractivity contribution < 1.29 is 14.3 Å². The molecule has 0 aliphatic carbocycles. The van der Waals surface area contributed by atoms with Crippen LogP contribution in [0.4, 0.5) is 0 Å². The average Bonchev–Trinajstić information content (AvgIpc) is 3.12. The summed E-state index contributed by atoms with van der Waals surface area (Å²) in [5, 5.41) is 4.79. The standard InChI is InChI=1S/C23H27ClN4O3/c1-14-10-17(6-9-31-14)28-21(12-22(29)26-16-4-7-30-8-5-16)27-20-13-25-19-3-2-15(24)11-18(19)23(20)28/h2-3,11,13-14,16-17H,4-10,12H2,1H3,(H,26,29). The number of nitrogens with one attached hydrogen (secondary N) is 1. The highest BCUT2D eigenvalue weighted by atomic mass is 35.5. The molecule has 164 valence electrons. The molecule has 7 nitrogen and oxygen atoms in total. The van der Waals surface area contributed by atoms with E-state index in [1.807, 2.05) is 18.2 Å². The number of halogens is 1. The molecule has 2 fully saturated rings. The number of amides is 1. The number of aromatic nitrogens is 3. The van der Waals surface area contributed by atoms with E-state index >= 15 is 0 Å². The third-order valence-corrected chi connectivity index (χ3v) is 6.51. The molecule has 2 saturated heterocycles. The SMILES string of the molecule is CC1CC(n2c(CC(=O)NC3CCOCC3)nc3cnc4ccc(Cl)cc4c32)CCO1. The van der Waals surface area contributed by atoms with Crippen molar-refractivity contribution in [1.82, 2.24) is 19.9 Å². The van der Waals surface area contributed by atoms with Gasteiger partial charge in [-0.3, -0.25) is 9.78 Å². The van der Waals surface area contributed by atoms with Crippen LogP contribution in [0.5, 0.6) is 0 Å². The van der Waals surface area contributed by atoms with Gasteiger partial charge in [0.15, 0.2) is 0 Å². The molecule has 0 radical (unpaired) electrons. The molecule has 0 bridgehead atoms. The lowest BCUT2D eigenvalue weighted by Crippen LogP contribution is -2.40. The van der Waals surface area contributed by atoms with Gasteiger partial charge in [-0.2, -0.15) is 0 Å². The minimum atomic E-state index is -0.00105. The number of hydrogen-bond acceptors (Lipinski definition) is 5. The summed E-state index contributed by atoms with van der Waals surface area (Å²) in [5.74, 6) is 0.770. The monoisotopic (exact) mass is 442 g/mol. The molecule has 31 heavy (non-hydrogen) atoms. The number of hydrogen-bond donors (Lipinski definition) is 1. The van der Waals surface area contributed by atoms with Crippen LogP contribution in [0, 0.1) is 0 Å². The summed E-state index contributed by atoms with van der Waals surface area (Å²) in [6.07, 6.45) is 5.67. The van der Waals surface area contributed by atoms with Gasteiger partial charge in [0.1, 0.15) is 11.3 Å². The molecule has 2 unspecified atom stereocenters. The van der Waals surface area contributed by atoms with Crippen LogP contribution in [0.25, 0.3) is 21.9 Å². The topological polar surface area (TPSA) is 78.3 Å². The average molecular weight is 443 g/mol. The molecular weight excluding hydrogens is 416 g/mol. The second-order valence-electron chi connectivity index (χ2n) is 8.54. The Bertz CT molecular complexity index is 1110. The Morgan fingerprint density at radius 2 is 2.06 bits per heavy atom. The molecule has 0 saturated carbocycles. The maximum absolute atomic E-state index is 12.9. The van der Waals surface area contributed by atoms with Gasteiger partial charge in [0.2, 0.25) is 5.91 Å². The number of pyridine rings is 1. The molecule has 1 amide bonds. The molecule has 5 rings (SSSR count). The minimum absolute atomic E-state index is 0.00105. The molecule has 2 aliphatic heterocycles. The quantitative estimate of drug-likeness (QED) is 0.664. The predicted octanol–water partition coefficient (Wildman–Crippen LogP) is 3.82. The Labute approximate surface area is 186 Å². The predicted molar refractivity (Wildman–Crippen MR) is 119 cm³/mol. The molecule has 2 aromatic heterocycles. The Morgan fingerprint density at radius 3 is 2.87 bits per heavy atom. The summed E-state index contributed by atoms with van der Waals surface area (Å²) in [6, 6.07) is 6.10. The van der Waals surface area contributed by atoms with Crippen LogP contribution in [0.15, 0.2) is 24.4 Å². The fourth-order valence-electron chi connectivity index (χ4n) is 4.79. The molecule has 1 N–H and O–H groups in total. The van der Waals surface area contributed by atoms with E-state index in [0.29, 0.717) is 24.8 Å². The highest BCUT2D eigenvalue weighted by molar-refractivity contribution is 6.31. The van der Waals surface area contributed by atoms with Crippen LogP contribution in [0.2, 0.25) is 5.02 Å². The summed E-state index contributed by atoms with van der Waals surface area (Å²) in [4.78, 5) is 22.3. The van der Waals surface area contributed by atoms with Crippen molar-refractivity contribution in [3.05, 3.63) is 35.2 Å². The van der Waals surface area contributed by atoms with Gasteiger partial charge in [-0.05, 0) is 50.8 Å². The number of rotatable bonds is 4. The third kappa shape index (κ3) is 4.27. The maximum Gasteiger partial charge on any atom is 0.227 e. The number of benzene rings is 1. The zero-order chi connectivity index (χ0) is 21.4. The molecule has 2 aliphatic rings. The fourth-order valence-corrected chi connectivity index (χ4v) is 4.96. The Hall–Kier alpha value is -2.22. The number of nitrogens with zero attached hydrogens (tertiary/aromatic N) is 3. The number of ether oxygens (including phenoxy) is 2. The number of imidazole rings is 1. The van der Waals surface area contributed by atoms with Crippen LogP contribution in [0.3, 0.4) is 0 Å². The van der Waals surface area contributed by atoms with Gasteiger partial charge in [0.25, 0.3) is 0 Å². The van der Waals surface area contributed by atoms with Crippen LogP contribution >= 0.6 is 11.6 Å². The highest BCUT2D eigenvalue weighted by Crippen LogP contribution is 2.34. The summed E-state index contributed by atoms with van der Waals surface area (Å²) in [6.45, 7) is 4.19. The van der Waals surface area contributed by atoms with Crippen LogP contribution in [-0.2, 0) is 20.7 Å². The van der Waals surface area contributed by atoms with Crippen molar-refractivity contribution >= 4 is 39.4 Å². The van der Waals surface area contributed by atoms with Crippen molar-refractivity contribution in [2.75, 3.05) is 19.8 Å². The van der Waals surface area contributed by atoms with Crippen molar-refractivity contribution in [1.29, 1.82) is 0 Å². The van der Waals surface area contributed by atoms with Gasteiger partial charge in [-0.1, -0.05) is 11.6 Å². The van der Waals surface area contributed by atoms with Gasteiger partial charge in [0.05, 0.1) is 29.8 Å². The Morgan fingerprint density at radius 1 is 1.23 bits per heavy atom. The maximum atomic E-state index is 12.9. The van der Waals surface area contributed by atoms with E-state index in [4.69, 9.17) is 26.1 Å². The second kappa shape index (κ2) is 8.73. The first kappa shape index (κ1) is 20.7. The first-order valence-corrected chi connectivity index (χ1v) is 11.4. The van der Waals surface area contributed by atoms with E-state index in [1.54, 1.807) is 6.20 Å². The lowest BCUT2D eigenvalue weighted by atomic mass is 10.0. The van der Waals surface area contributed by atoms with E-state index in [2.05, 4.69) is 21.8 Å². The molecule has 1 aromatic carbocycles. The van der Waals surface area contributed by atoms with Gasteiger partial charge in [-0.25, -0.2) is 4.98 Å². The molecule has 3 aromatic rings. The van der Waals surface area contributed by atoms with Crippen LogP contribution in [0.1, 0.15) is 44.5 Å². The molecule has 0 spiro atoms. The van der Waals surface area contributed by atoms with E-state index in [9.17, 15) is 4.79 Å². The van der Waals surface area contributed by atoms with Crippen LogP contribution < -0.4 is 5.32 Å². The largest absolute Gasteiger partial charge is 0.381 e. The zero-order valence-electron chi connectivity index (χ0n) is 17.6. The molecule has 8 heteroatoms. The number of fused-ring (bicyclic) bond motifs is 3. The summed E-state index contributed by atoms with van der Waals surface area (Å²) in [5.41, 5.74) is 2.67. The smallest absolute Gasteiger partial charge is 0.227 e. The van der Waals surface area contributed by atoms with Crippen LogP contribution in [-0.4, -0.2) is 52.4 Å². The van der Waals surface area contributed by atoms with Crippen molar-refractivity contribution in [3.63, 3.8) is 0 Å². The molecular formula is C23H27ClN4O3. The normalized spacial score (nSPS) is 22.8. The van der Waals surface area contributed by atoms with E-state index < -0.39 is 0 Å². The molecule has 2 atom stereocenters. The van der Waals surface area contributed by atoms with Crippen molar-refractivity contribution in [3.8, 4) is 0 Å². The van der Waals surface area contributed by atoms with Gasteiger partial charge in [0, 0.05) is 42.3 Å². The highest BCUT2D eigenvalue weighted by Gasteiger charge is 2.27. The lowest BCUT2D eigenvalue weighted by Gasteiger charge is -2.30. The van der Waals surface area contributed by atoms with Crippen molar-refractivity contribution in [2.45, 2.75) is 57.2 Å². The Kier molecular flexibility index (Phi) is 5.82. The summed E-state index contributed by atoms with van der Waals surface area (Å²) in [7, 11) is 0. The first-order valence-electron chi connectivity index (χ1n) is 11.0. The van der Waals surface area contributed by atoms with E-state index in [0.717, 1.165) is 53.4 Å². The summed E-state index contributed by atoms with van der Waals surface area (Å²) >= 11 is 6.33. The second-order valence-corrected chi connectivity index (χ2v) is 8.98. The first-order chi connectivity index (χ1) is 15.1. The van der Waals surface area contributed by atoms with E-state index in [1.165, 1.54) is 0 Å². The van der Waals surface area contributed by atoms with Gasteiger partial charge in [-0.15, -0.1) is 0 Å². The third-order valence-electron chi connectivity index (χ3n) is 6.28. The Balaban J connectivity index is 1.56. The van der Waals surface area contributed by atoms with Crippen molar-refractivity contribution in [2.24, 2.45) is 0 Å².